The predicted octanol–water partition coefficient (Wildman–Crippen LogP) is 4.59. The smallest absolute Gasteiger partial charge is 0.408 e. The lowest BCUT2D eigenvalue weighted by Gasteiger charge is -2.23. The Kier molecular flexibility index (Phi) is 6.72. The minimum Gasteiger partial charge on any atom is -0.444 e. The molecule has 3 aromatic rings. The number of alkyl carbamates (subject to hydrolysis) is 1. The Balaban J connectivity index is 1.74. The van der Waals surface area contributed by atoms with Crippen molar-refractivity contribution < 1.29 is 14.3 Å². The van der Waals surface area contributed by atoms with Crippen molar-refractivity contribution in [2.24, 2.45) is 0 Å². The van der Waals surface area contributed by atoms with E-state index in [1.807, 2.05) is 72.8 Å². The summed E-state index contributed by atoms with van der Waals surface area (Å²) in [5, 5.41) is 7.87. The summed E-state index contributed by atoms with van der Waals surface area (Å²) < 4.78 is 5.36. The second kappa shape index (κ2) is 9.44. The van der Waals surface area contributed by atoms with Gasteiger partial charge in [0.05, 0.1) is 0 Å². The largest absolute Gasteiger partial charge is 0.444 e. The molecule has 156 valence electrons. The van der Waals surface area contributed by atoms with Gasteiger partial charge in [0.1, 0.15) is 11.6 Å². The van der Waals surface area contributed by atoms with Crippen LogP contribution in [-0.4, -0.2) is 23.6 Å². The van der Waals surface area contributed by atoms with Crippen LogP contribution in [0.4, 0.5) is 4.79 Å². The molecule has 0 bridgehead atoms. The van der Waals surface area contributed by atoms with E-state index in [2.05, 4.69) is 10.6 Å². The normalized spacial score (nSPS) is 12.2. The average molecular weight is 405 g/mol. The van der Waals surface area contributed by atoms with Crippen LogP contribution in [0.3, 0.4) is 0 Å². The third-order valence-electron chi connectivity index (χ3n) is 4.57. The number of amides is 2. The van der Waals surface area contributed by atoms with Crippen molar-refractivity contribution in [2.45, 2.75) is 45.4 Å². The Morgan fingerprint density at radius 1 is 0.867 bits per heavy atom. The molecule has 2 amide bonds. The van der Waals surface area contributed by atoms with Crippen molar-refractivity contribution in [3.05, 3.63) is 83.9 Å². The first-order chi connectivity index (χ1) is 14.3. The lowest BCUT2D eigenvalue weighted by atomic mass is 10.0. The van der Waals surface area contributed by atoms with Gasteiger partial charge in [-0.2, -0.15) is 0 Å². The van der Waals surface area contributed by atoms with E-state index >= 15 is 0 Å². The van der Waals surface area contributed by atoms with Crippen molar-refractivity contribution >= 4 is 22.8 Å². The maximum absolute atomic E-state index is 12.9. The molecule has 3 aromatic carbocycles. The van der Waals surface area contributed by atoms with E-state index in [0.29, 0.717) is 13.0 Å². The summed E-state index contributed by atoms with van der Waals surface area (Å²) in [5.74, 6) is -0.252. The summed E-state index contributed by atoms with van der Waals surface area (Å²) in [4.78, 5) is 25.2. The standard InChI is InChI=1S/C25H28N2O3/c1-25(2,3)30-24(29)27-22(23(28)26-17-18-9-5-4-6-10-18)16-19-13-14-20-11-7-8-12-21(20)15-19/h4-15,22H,16-17H2,1-3H3,(H,26,28)(H,27,29). The molecule has 1 unspecified atom stereocenters. The number of hydrogen-bond acceptors (Lipinski definition) is 3. The Hall–Kier alpha value is -3.34. The van der Waals surface area contributed by atoms with Gasteiger partial charge in [0, 0.05) is 13.0 Å². The van der Waals surface area contributed by atoms with E-state index in [-0.39, 0.29) is 5.91 Å². The molecule has 0 aliphatic carbocycles. The molecule has 0 fully saturated rings. The third-order valence-corrected chi connectivity index (χ3v) is 4.57. The van der Waals surface area contributed by atoms with E-state index in [1.165, 1.54) is 0 Å². The van der Waals surface area contributed by atoms with Gasteiger partial charge in [-0.1, -0.05) is 72.8 Å². The average Bonchev–Trinajstić information content (AvgIpc) is 2.71. The van der Waals surface area contributed by atoms with Crippen molar-refractivity contribution in [1.82, 2.24) is 10.6 Å². The topological polar surface area (TPSA) is 67.4 Å². The molecule has 0 heterocycles. The summed E-state index contributed by atoms with van der Waals surface area (Å²) in [6.07, 6.45) is -0.242. The van der Waals surface area contributed by atoms with Crippen LogP contribution in [0.5, 0.6) is 0 Å². The molecule has 5 heteroatoms. The molecule has 0 spiro atoms. The van der Waals surface area contributed by atoms with Gasteiger partial charge in [0.15, 0.2) is 0 Å². The fourth-order valence-electron chi connectivity index (χ4n) is 3.17. The number of carbonyl (C=O) groups excluding carboxylic acids is 2. The number of rotatable bonds is 6. The molecule has 0 saturated heterocycles. The Bertz CT molecular complexity index is 1010. The highest BCUT2D eigenvalue weighted by molar-refractivity contribution is 5.87. The van der Waals surface area contributed by atoms with Crippen LogP contribution in [0, 0.1) is 0 Å². The molecule has 1 atom stereocenters. The Morgan fingerprint density at radius 2 is 1.53 bits per heavy atom. The molecule has 0 radical (unpaired) electrons. The van der Waals surface area contributed by atoms with Crippen molar-refractivity contribution in [3.8, 4) is 0 Å². The quantitative estimate of drug-likeness (QED) is 0.631. The van der Waals surface area contributed by atoms with Crippen LogP contribution in [0.25, 0.3) is 10.8 Å². The molecule has 2 N–H and O–H groups in total. The summed E-state index contributed by atoms with van der Waals surface area (Å²) in [6, 6.07) is 23.0. The number of carbonyl (C=O) groups is 2. The second-order valence-corrected chi connectivity index (χ2v) is 8.29. The number of ether oxygens (including phenoxy) is 1. The van der Waals surface area contributed by atoms with Crippen LogP contribution in [0.15, 0.2) is 72.8 Å². The lowest BCUT2D eigenvalue weighted by molar-refractivity contribution is -0.123. The van der Waals surface area contributed by atoms with E-state index in [4.69, 9.17) is 4.74 Å². The Morgan fingerprint density at radius 3 is 2.23 bits per heavy atom. The highest BCUT2D eigenvalue weighted by Crippen LogP contribution is 2.17. The molecule has 3 rings (SSSR count). The molecule has 5 nitrogen and oxygen atoms in total. The second-order valence-electron chi connectivity index (χ2n) is 8.29. The zero-order valence-electron chi connectivity index (χ0n) is 17.6. The Labute approximate surface area is 177 Å². The van der Waals surface area contributed by atoms with Gasteiger partial charge in [-0.25, -0.2) is 4.79 Å². The van der Waals surface area contributed by atoms with Gasteiger partial charge in [-0.3, -0.25) is 4.79 Å². The van der Waals surface area contributed by atoms with Gasteiger partial charge >= 0.3 is 6.09 Å². The van der Waals surface area contributed by atoms with Crippen molar-refractivity contribution in [1.29, 1.82) is 0 Å². The minimum atomic E-state index is -0.746. The van der Waals surface area contributed by atoms with Crippen LogP contribution in [0.2, 0.25) is 0 Å². The zero-order valence-corrected chi connectivity index (χ0v) is 17.6. The molecule has 0 aliphatic heterocycles. The highest BCUT2D eigenvalue weighted by Gasteiger charge is 2.24. The summed E-state index contributed by atoms with van der Waals surface area (Å²) >= 11 is 0. The number of benzene rings is 3. The van der Waals surface area contributed by atoms with Gasteiger partial charge < -0.3 is 15.4 Å². The third kappa shape index (κ3) is 6.34. The minimum absolute atomic E-state index is 0.252. The molecule has 0 saturated carbocycles. The number of hydrogen-bond donors (Lipinski definition) is 2. The fourth-order valence-corrected chi connectivity index (χ4v) is 3.17. The van der Waals surface area contributed by atoms with E-state index < -0.39 is 17.7 Å². The predicted molar refractivity (Wildman–Crippen MR) is 119 cm³/mol. The van der Waals surface area contributed by atoms with E-state index in [0.717, 1.165) is 21.9 Å². The summed E-state index contributed by atoms with van der Waals surface area (Å²) in [5.41, 5.74) is 1.31. The monoisotopic (exact) mass is 404 g/mol. The van der Waals surface area contributed by atoms with Gasteiger partial charge in [0.2, 0.25) is 5.91 Å². The molecular weight excluding hydrogens is 376 g/mol. The van der Waals surface area contributed by atoms with E-state index in [1.54, 1.807) is 20.8 Å². The molecule has 0 aliphatic rings. The van der Waals surface area contributed by atoms with Crippen LogP contribution >= 0.6 is 0 Å². The zero-order chi connectivity index (χ0) is 21.6. The molecule has 0 aromatic heterocycles. The fraction of sp³-hybridized carbons (Fsp3) is 0.280. The van der Waals surface area contributed by atoms with Crippen LogP contribution in [-0.2, 0) is 22.5 Å². The van der Waals surface area contributed by atoms with Gasteiger partial charge in [0.25, 0.3) is 0 Å². The maximum Gasteiger partial charge on any atom is 0.408 e. The van der Waals surface area contributed by atoms with Crippen molar-refractivity contribution in [3.63, 3.8) is 0 Å². The number of nitrogens with one attached hydrogen (secondary N) is 2. The molecular formula is C25H28N2O3. The first kappa shape index (κ1) is 21.4. The first-order valence-electron chi connectivity index (χ1n) is 10.1. The summed E-state index contributed by atoms with van der Waals surface area (Å²) in [7, 11) is 0. The number of fused-ring (bicyclic) bond motifs is 1. The maximum atomic E-state index is 12.9. The highest BCUT2D eigenvalue weighted by atomic mass is 16.6. The first-order valence-corrected chi connectivity index (χ1v) is 10.1. The lowest BCUT2D eigenvalue weighted by Crippen LogP contribution is -2.49. The van der Waals surface area contributed by atoms with Crippen LogP contribution < -0.4 is 10.6 Å². The van der Waals surface area contributed by atoms with E-state index in [9.17, 15) is 9.59 Å². The van der Waals surface area contributed by atoms with Crippen molar-refractivity contribution in [2.75, 3.05) is 0 Å². The molecule has 30 heavy (non-hydrogen) atoms. The van der Waals surface area contributed by atoms with Gasteiger partial charge in [-0.05, 0) is 42.7 Å². The van der Waals surface area contributed by atoms with Gasteiger partial charge in [-0.15, -0.1) is 0 Å². The SMILES string of the molecule is CC(C)(C)OC(=O)NC(Cc1ccc2ccccc2c1)C(=O)NCc1ccccc1. The van der Waals surface area contributed by atoms with Crippen LogP contribution in [0.1, 0.15) is 31.9 Å². The summed E-state index contributed by atoms with van der Waals surface area (Å²) in [6.45, 7) is 5.77.